The van der Waals surface area contributed by atoms with Crippen molar-refractivity contribution < 1.29 is 48.0 Å². The Bertz CT molecular complexity index is 1670. The number of hydrogen-bond acceptors (Lipinski definition) is 13. The first kappa shape index (κ1) is 42.6. The van der Waals surface area contributed by atoms with Gasteiger partial charge in [-0.1, -0.05) is 27.7 Å². The number of pyridine rings is 1. The predicted molar refractivity (Wildman–Crippen MR) is 202 cm³/mol. The molecule has 15 heteroatoms. The molecule has 0 saturated carbocycles. The Morgan fingerprint density at radius 2 is 1.71 bits per heavy atom. The van der Waals surface area contributed by atoms with Gasteiger partial charge >= 0.3 is 12.1 Å². The molecule has 5 heterocycles. The summed E-state index contributed by atoms with van der Waals surface area (Å²) in [4.78, 5) is 68.3. The number of amides is 1. The largest absolute Gasteiger partial charge is 0.458 e. The van der Waals surface area contributed by atoms with E-state index in [1.54, 1.807) is 38.2 Å². The fourth-order valence-electron chi connectivity index (χ4n) is 8.81. The fourth-order valence-corrected chi connectivity index (χ4v) is 8.81. The number of Topliss-reactive ketones (excluding diaryl/α,β-unsaturated/α-hetero) is 2. The van der Waals surface area contributed by atoms with Crippen molar-refractivity contribution in [3.8, 4) is 0 Å². The minimum absolute atomic E-state index is 0.139. The third-order valence-electron chi connectivity index (χ3n) is 12.1. The number of nitrogens with zero attached hydrogens (tertiary/aromatic N) is 5. The molecule has 0 unspecified atom stereocenters. The zero-order valence-electron chi connectivity index (χ0n) is 34.0. The molecular formula is C40H61N5O10. The molecular weight excluding hydrogens is 710 g/mol. The van der Waals surface area contributed by atoms with Crippen LogP contribution in [0, 0.1) is 23.7 Å². The van der Waals surface area contributed by atoms with Crippen LogP contribution in [0.4, 0.5) is 4.79 Å². The highest BCUT2D eigenvalue weighted by atomic mass is 16.7. The summed E-state index contributed by atoms with van der Waals surface area (Å²) in [5, 5.41) is 11.4. The molecule has 2 aromatic rings. The summed E-state index contributed by atoms with van der Waals surface area (Å²) in [6.45, 7) is 13.2. The van der Waals surface area contributed by atoms with Gasteiger partial charge in [-0.15, -0.1) is 0 Å². The average Bonchev–Trinajstić information content (AvgIpc) is 3.73. The van der Waals surface area contributed by atoms with E-state index in [0.29, 0.717) is 38.0 Å². The summed E-state index contributed by atoms with van der Waals surface area (Å²) < 4.78 is 32.9. The van der Waals surface area contributed by atoms with Crippen molar-refractivity contribution in [1.82, 2.24) is 24.3 Å². The van der Waals surface area contributed by atoms with Gasteiger partial charge in [0.1, 0.15) is 23.9 Å². The van der Waals surface area contributed by atoms with Gasteiger partial charge < -0.3 is 43.2 Å². The third-order valence-corrected chi connectivity index (χ3v) is 12.1. The second-order valence-electron chi connectivity index (χ2n) is 16.3. The number of ketones is 2. The highest BCUT2D eigenvalue weighted by Gasteiger charge is 2.54. The first-order chi connectivity index (χ1) is 26.0. The molecule has 1 N–H and O–H groups in total. The van der Waals surface area contributed by atoms with Crippen LogP contribution < -0.4 is 0 Å². The van der Waals surface area contributed by atoms with Crippen molar-refractivity contribution in [3.63, 3.8) is 0 Å². The number of likely N-dealkylation sites (N-methyl/N-ethyl adjacent to an activating group) is 1. The monoisotopic (exact) mass is 771 g/mol. The molecule has 13 atom stereocenters. The summed E-state index contributed by atoms with van der Waals surface area (Å²) >= 11 is 0. The Morgan fingerprint density at radius 1 is 1.00 bits per heavy atom. The molecule has 3 fully saturated rings. The molecule has 1 amide bonds. The molecule has 55 heavy (non-hydrogen) atoms. The van der Waals surface area contributed by atoms with Crippen LogP contribution in [0.25, 0.3) is 11.2 Å². The molecule has 5 rings (SSSR count). The molecule has 2 aromatic heterocycles. The van der Waals surface area contributed by atoms with Crippen LogP contribution in [-0.4, -0.2) is 135 Å². The van der Waals surface area contributed by atoms with Crippen LogP contribution in [0.2, 0.25) is 0 Å². The van der Waals surface area contributed by atoms with Gasteiger partial charge in [0.05, 0.1) is 35.7 Å². The molecule has 0 aliphatic carbocycles. The van der Waals surface area contributed by atoms with Crippen molar-refractivity contribution in [2.75, 3.05) is 27.7 Å². The van der Waals surface area contributed by atoms with Gasteiger partial charge in [-0.2, -0.15) is 0 Å². The number of aromatic nitrogens is 3. The Kier molecular flexibility index (Phi) is 13.8. The maximum absolute atomic E-state index is 14.5. The number of carbonyl (C=O) groups is 4. The SMILES string of the molecule is CC[C@H]1OC(=O)[C@H](C)C(=O)[C@H](C)[C@@H](O[C@@H]2O[C@H](C)C[C@H](N(C)C)[C@H]2O)[C@](C)(OC)C[C@@H](C)C(=O)[C@H](C)[C@@H]2[C@@H]1OC(=O)N2CCCCn1cnc2ncccc21. The molecule has 0 bridgehead atoms. The topological polar surface area (TPSA) is 172 Å². The minimum atomic E-state index is -1.25. The number of carbonyl (C=O) groups excluding carboxylic acids is 4. The number of rotatable bonds is 10. The molecule has 0 spiro atoms. The van der Waals surface area contributed by atoms with Gasteiger partial charge in [-0.25, -0.2) is 14.8 Å². The predicted octanol–water partition coefficient (Wildman–Crippen LogP) is 4.03. The maximum Gasteiger partial charge on any atom is 0.410 e. The van der Waals surface area contributed by atoms with Crippen LogP contribution in [0.5, 0.6) is 0 Å². The second kappa shape index (κ2) is 17.7. The molecule has 0 aromatic carbocycles. The molecule has 15 nitrogen and oxygen atoms in total. The number of fused-ring (bicyclic) bond motifs is 2. The lowest BCUT2D eigenvalue weighted by Gasteiger charge is -2.47. The van der Waals surface area contributed by atoms with Gasteiger partial charge in [-0.05, 0) is 79.1 Å². The van der Waals surface area contributed by atoms with Crippen molar-refractivity contribution in [1.29, 1.82) is 0 Å². The number of methoxy groups -OCH3 is 1. The van der Waals surface area contributed by atoms with Crippen molar-refractivity contribution in [3.05, 3.63) is 24.7 Å². The Hall–Kier alpha value is -3.50. The zero-order chi connectivity index (χ0) is 40.4. The van der Waals surface area contributed by atoms with Crippen LogP contribution in [0.1, 0.15) is 80.6 Å². The number of esters is 1. The first-order valence-electron chi connectivity index (χ1n) is 19.7. The van der Waals surface area contributed by atoms with Gasteiger partial charge in [0, 0.05) is 50.2 Å². The Labute approximate surface area is 324 Å². The normalized spacial score (nSPS) is 36.8. The quantitative estimate of drug-likeness (QED) is 0.209. The number of aliphatic hydroxyl groups is 1. The van der Waals surface area contributed by atoms with E-state index < -0.39 is 83.9 Å². The third kappa shape index (κ3) is 8.90. The number of aliphatic hydroxyl groups excluding tert-OH is 1. The zero-order valence-corrected chi connectivity index (χ0v) is 34.0. The molecule has 3 saturated heterocycles. The highest BCUT2D eigenvalue weighted by Crippen LogP contribution is 2.39. The average molecular weight is 772 g/mol. The summed E-state index contributed by atoms with van der Waals surface area (Å²) in [6.07, 6.45) is -0.0841. The van der Waals surface area contributed by atoms with Gasteiger partial charge in [0.25, 0.3) is 0 Å². The van der Waals surface area contributed by atoms with E-state index in [9.17, 15) is 24.3 Å². The highest BCUT2D eigenvalue weighted by molar-refractivity contribution is 6.00. The lowest BCUT2D eigenvalue weighted by atomic mass is 9.75. The smallest absolute Gasteiger partial charge is 0.410 e. The maximum atomic E-state index is 14.5. The van der Waals surface area contributed by atoms with Crippen molar-refractivity contribution >= 4 is 34.8 Å². The van der Waals surface area contributed by atoms with E-state index >= 15 is 0 Å². The lowest BCUT2D eigenvalue weighted by molar-refractivity contribution is -0.295. The fraction of sp³-hybridized carbons (Fsp3) is 0.750. The number of aryl methyl sites for hydroxylation is 1. The van der Waals surface area contributed by atoms with Crippen LogP contribution in [0.3, 0.4) is 0 Å². The van der Waals surface area contributed by atoms with Gasteiger partial charge in [0.2, 0.25) is 0 Å². The van der Waals surface area contributed by atoms with E-state index in [-0.39, 0.29) is 30.8 Å². The summed E-state index contributed by atoms with van der Waals surface area (Å²) in [6, 6.07) is 2.81. The van der Waals surface area contributed by atoms with Crippen molar-refractivity contribution in [2.24, 2.45) is 23.7 Å². The standard InChI is InChI=1S/C40H61N5O10/c1-11-29-34-30(45(39(50)54-34)18-13-12-17-44-21-42-36-27(44)15-14-16-41-36)24(4)31(46)22(2)20-40(7,51-10)35(25(5)32(47)26(6)37(49)53-29)55-38-33(48)28(43(8)9)19-23(3)52-38/h14-16,21-26,28-30,33-35,38,48H,11-13,17-20H2,1-10H3/t22-,23-,24-,25+,26-,28+,29-,30-,33-,34-,35-,38+,40-/m1/s1. The summed E-state index contributed by atoms with van der Waals surface area (Å²) in [7, 11) is 5.24. The van der Waals surface area contributed by atoms with E-state index in [2.05, 4.69) is 9.97 Å². The van der Waals surface area contributed by atoms with Crippen LogP contribution >= 0.6 is 0 Å². The van der Waals surface area contributed by atoms with E-state index in [0.717, 1.165) is 5.52 Å². The lowest BCUT2D eigenvalue weighted by Crippen LogP contribution is -2.59. The van der Waals surface area contributed by atoms with E-state index in [1.807, 2.05) is 56.5 Å². The van der Waals surface area contributed by atoms with Gasteiger partial charge in [0.15, 0.2) is 23.8 Å². The number of hydrogen-bond donors (Lipinski definition) is 1. The molecule has 3 aliphatic rings. The Balaban J connectivity index is 1.44. The summed E-state index contributed by atoms with van der Waals surface area (Å²) in [5.41, 5.74) is 0.326. The molecule has 0 radical (unpaired) electrons. The van der Waals surface area contributed by atoms with E-state index in [4.69, 9.17) is 23.7 Å². The minimum Gasteiger partial charge on any atom is -0.458 e. The van der Waals surface area contributed by atoms with Crippen LogP contribution in [-0.2, 0) is 44.6 Å². The second-order valence-corrected chi connectivity index (χ2v) is 16.3. The van der Waals surface area contributed by atoms with Crippen molar-refractivity contribution in [2.45, 2.75) is 142 Å². The number of unbranched alkanes of at least 4 members (excludes halogenated alkanes) is 1. The number of ether oxygens (including phenoxy) is 5. The first-order valence-corrected chi connectivity index (χ1v) is 19.7. The number of imidazole rings is 1. The number of cyclic esters (lactones) is 1. The molecule has 3 aliphatic heterocycles. The van der Waals surface area contributed by atoms with Gasteiger partial charge in [-0.3, -0.25) is 14.4 Å². The van der Waals surface area contributed by atoms with Crippen LogP contribution in [0.15, 0.2) is 24.7 Å². The summed E-state index contributed by atoms with van der Waals surface area (Å²) in [5.74, 6) is -4.85. The molecule has 306 valence electrons. The van der Waals surface area contributed by atoms with E-state index in [1.165, 1.54) is 14.0 Å². The Morgan fingerprint density at radius 3 is 2.38 bits per heavy atom.